The molecular formula is C17H25N5O2. The summed E-state index contributed by atoms with van der Waals surface area (Å²) in [5.74, 6) is 1.56. The zero-order valence-electron chi connectivity index (χ0n) is 15.0. The molecule has 1 aliphatic rings. The standard InChI is InChI=1S/C17H25N5O2/c1-12-6-13(2)22(20-12)16-8-18-7-15(19-16)21-9-14(10-23-5)24-17(3,4)11-21/h6-8,14H,9-11H2,1-5H3/t14-/m1/s1. The van der Waals surface area contributed by atoms with Gasteiger partial charge in [0.15, 0.2) is 5.82 Å². The summed E-state index contributed by atoms with van der Waals surface area (Å²) >= 11 is 0. The highest BCUT2D eigenvalue weighted by Gasteiger charge is 2.34. The number of anilines is 1. The van der Waals surface area contributed by atoms with Crippen LogP contribution in [0.25, 0.3) is 5.82 Å². The molecule has 3 heterocycles. The summed E-state index contributed by atoms with van der Waals surface area (Å²) in [6, 6.07) is 2.03. The lowest BCUT2D eigenvalue weighted by atomic mass is 10.1. The second-order valence-corrected chi connectivity index (χ2v) is 6.91. The van der Waals surface area contributed by atoms with Crippen LogP contribution >= 0.6 is 0 Å². The quantitative estimate of drug-likeness (QED) is 0.853. The fourth-order valence-corrected chi connectivity index (χ4v) is 3.20. The molecule has 2 aromatic heterocycles. The number of aryl methyl sites for hydroxylation is 2. The van der Waals surface area contributed by atoms with Crippen molar-refractivity contribution in [1.29, 1.82) is 0 Å². The monoisotopic (exact) mass is 331 g/mol. The maximum atomic E-state index is 6.07. The van der Waals surface area contributed by atoms with Crippen molar-refractivity contribution in [2.24, 2.45) is 0 Å². The van der Waals surface area contributed by atoms with E-state index >= 15 is 0 Å². The minimum absolute atomic E-state index is 0.0119. The molecule has 0 bridgehead atoms. The van der Waals surface area contributed by atoms with Crippen LogP contribution in [0.2, 0.25) is 0 Å². The number of rotatable bonds is 4. The van der Waals surface area contributed by atoms with E-state index in [2.05, 4.69) is 28.8 Å². The number of morpholine rings is 1. The number of hydrogen-bond acceptors (Lipinski definition) is 6. The fraction of sp³-hybridized carbons (Fsp3) is 0.588. The summed E-state index contributed by atoms with van der Waals surface area (Å²) in [6.07, 6.45) is 3.54. The summed E-state index contributed by atoms with van der Waals surface area (Å²) in [5.41, 5.74) is 1.74. The Bertz CT molecular complexity index is 713. The Morgan fingerprint density at radius 3 is 2.71 bits per heavy atom. The van der Waals surface area contributed by atoms with Gasteiger partial charge in [0.05, 0.1) is 36.4 Å². The molecule has 7 nitrogen and oxygen atoms in total. The van der Waals surface area contributed by atoms with E-state index < -0.39 is 0 Å². The van der Waals surface area contributed by atoms with E-state index in [0.29, 0.717) is 6.61 Å². The summed E-state index contributed by atoms with van der Waals surface area (Å²) < 4.78 is 13.2. The molecular weight excluding hydrogens is 306 g/mol. The van der Waals surface area contributed by atoms with Gasteiger partial charge in [-0.05, 0) is 33.8 Å². The molecule has 1 atom stereocenters. The summed E-state index contributed by atoms with van der Waals surface area (Å²) in [4.78, 5) is 11.3. The van der Waals surface area contributed by atoms with Gasteiger partial charge in [-0.25, -0.2) is 9.67 Å². The minimum Gasteiger partial charge on any atom is -0.382 e. The molecule has 0 amide bonds. The molecule has 0 aromatic carbocycles. The molecule has 1 saturated heterocycles. The van der Waals surface area contributed by atoms with Gasteiger partial charge >= 0.3 is 0 Å². The molecule has 1 aliphatic heterocycles. The van der Waals surface area contributed by atoms with Gasteiger partial charge in [0.25, 0.3) is 0 Å². The third kappa shape index (κ3) is 3.57. The van der Waals surface area contributed by atoms with Crippen LogP contribution in [0.3, 0.4) is 0 Å². The van der Waals surface area contributed by atoms with Gasteiger partial charge < -0.3 is 14.4 Å². The molecule has 130 valence electrons. The zero-order valence-corrected chi connectivity index (χ0v) is 15.0. The highest BCUT2D eigenvalue weighted by atomic mass is 16.5. The third-order valence-corrected chi connectivity index (χ3v) is 3.99. The molecule has 0 spiro atoms. The van der Waals surface area contributed by atoms with Crippen LogP contribution in [-0.2, 0) is 9.47 Å². The van der Waals surface area contributed by atoms with Crippen LogP contribution in [0.1, 0.15) is 25.2 Å². The van der Waals surface area contributed by atoms with E-state index in [1.54, 1.807) is 19.5 Å². The van der Waals surface area contributed by atoms with Crippen molar-refractivity contribution in [1.82, 2.24) is 19.7 Å². The summed E-state index contributed by atoms with van der Waals surface area (Å²) in [6.45, 7) is 10.2. The Morgan fingerprint density at radius 1 is 1.29 bits per heavy atom. The van der Waals surface area contributed by atoms with Gasteiger partial charge in [0, 0.05) is 25.9 Å². The van der Waals surface area contributed by atoms with Crippen LogP contribution in [0.4, 0.5) is 5.82 Å². The lowest BCUT2D eigenvalue weighted by molar-refractivity contribution is -0.106. The summed E-state index contributed by atoms with van der Waals surface area (Å²) in [5, 5.41) is 4.49. The van der Waals surface area contributed by atoms with Gasteiger partial charge in [0.2, 0.25) is 0 Å². The van der Waals surface area contributed by atoms with Gasteiger partial charge in [-0.1, -0.05) is 0 Å². The first-order chi connectivity index (χ1) is 11.4. The molecule has 0 aliphatic carbocycles. The van der Waals surface area contributed by atoms with Crippen molar-refractivity contribution in [2.45, 2.75) is 39.4 Å². The first kappa shape index (κ1) is 16.9. The number of ether oxygens (including phenoxy) is 2. The molecule has 0 saturated carbocycles. The van der Waals surface area contributed by atoms with Crippen LogP contribution in [-0.4, -0.2) is 58.3 Å². The number of nitrogens with zero attached hydrogens (tertiary/aromatic N) is 5. The Kier molecular flexibility index (Phi) is 4.56. The number of aromatic nitrogens is 4. The fourth-order valence-electron chi connectivity index (χ4n) is 3.20. The SMILES string of the molecule is COC[C@H]1CN(c2cncc(-n3nc(C)cc3C)n2)CC(C)(C)O1. The van der Waals surface area contributed by atoms with Crippen molar-refractivity contribution in [3.63, 3.8) is 0 Å². The summed E-state index contributed by atoms with van der Waals surface area (Å²) in [7, 11) is 1.69. The maximum Gasteiger partial charge on any atom is 0.174 e. The molecule has 1 fully saturated rings. The predicted octanol–water partition coefficient (Wildman–Crippen LogP) is 1.91. The van der Waals surface area contributed by atoms with E-state index in [-0.39, 0.29) is 11.7 Å². The topological polar surface area (TPSA) is 65.3 Å². The lowest BCUT2D eigenvalue weighted by Crippen LogP contribution is -2.54. The molecule has 3 rings (SSSR count). The minimum atomic E-state index is -0.267. The van der Waals surface area contributed by atoms with E-state index in [1.807, 2.05) is 24.6 Å². The molecule has 0 N–H and O–H groups in total. The van der Waals surface area contributed by atoms with Crippen molar-refractivity contribution in [2.75, 3.05) is 31.7 Å². The lowest BCUT2D eigenvalue weighted by Gasteiger charge is -2.43. The first-order valence-corrected chi connectivity index (χ1v) is 8.15. The highest BCUT2D eigenvalue weighted by Crippen LogP contribution is 2.25. The molecule has 2 aromatic rings. The van der Waals surface area contributed by atoms with Gasteiger partial charge in [-0.3, -0.25) is 4.98 Å². The maximum absolute atomic E-state index is 6.07. The van der Waals surface area contributed by atoms with Gasteiger partial charge in [-0.2, -0.15) is 5.10 Å². The second kappa shape index (κ2) is 6.49. The van der Waals surface area contributed by atoms with Crippen molar-refractivity contribution in [3.8, 4) is 5.82 Å². The molecule has 0 radical (unpaired) electrons. The Morgan fingerprint density at radius 2 is 2.04 bits per heavy atom. The normalized spacial score (nSPS) is 20.4. The van der Waals surface area contributed by atoms with Crippen LogP contribution in [0, 0.1) is 13.8 Å². The Hall–Kier alpha value is -1.99. The Labute approximate surface area is 142 Å². The molecule has 0 unspecified atom stereocenters. The predicted molar refractivity (Wildman–Crippen MR) is 91.7 cm³/mol. The third-order valence-electron chi connectivity index (χ3n) is 3.99. The van der Waals surface area contributed by atoms with Crippen molar-refractivity contribution < 1.29 is 9.47 Å². The van der Waals surface area contributed by atoms with Crippen LogP contribution in [0.5, 0.6) is 0 Å². The van der Waals surface area contributed by atoms with Crippen LogP contribution in [0.15, 0.2) is 18.5 Å². The average molecular weight is 331 g/mol. The van der Waals surface area contributed by atoms with Gasteiger partial charge in [-0.15, -0.1) is 0 Å². The largest absolute Gasteiger partial charge is 0.382 e. The van der Waals surface area contributed by atoms with Crippen LogP contribution < -0.4 is 4.90 Å². The smallest absolute Gasteiger partial charge is 0.174 e. The number of methoxy groups -OCH3 is 1. The molecule has 7 heteroatoms. The number of hydrogen-bond donors (Lipinski definition) is 0. The zero-order chi connectivity index (χ0) is 17.3. The van der Waals surface area contributed by atoms with E-state index in [1.165, 1.54) is 0 Å². The van der Waals surface area contributed by atoms with Crippen molar-refractivity contribution >= 4 is 5.82 Å². The van der Waals surface area contributed by atoms with E-state index in [0.717, 1.165) is 36.1 Å². The Balaban J connectivity index is 1.89. The second-order valence-electron chi connectivity index (χ2n) is 6.91. The highest BCUT2D eigenvalue weighted by molar-refractivity contribution is 5.41. The molecule has 24 heavy (non-hydrogen) atoms. The van der Waals surface area contributed by atoms with Gasteiger partial charge in [0.1, 0.15) is 5.82 Å². The first-order valence-electron chi connectivity index (χ1n) is 8.15. The van der Waals surface area contributed by atoms with E-state index in [9.17, 15) is 0 Å². The average Bonchev–Trinajstić information content (AvgIpc) is 2.85. The van der Waals surface area contributed by atoms with E-state index in [4.69, 9.17) is 14.5 Å². The van der Waals surface area contributed by atoms with Crippen molar-refractivity contribution in [3.05, 3.63) is 29.8 Å².